The number of nitrogens with zero attached hydrogens (tertiary/aromatic N) is 3. The first-order chi connectivity index (χ1) is 10.0. The van der Waals surface area contributed by atoms with E-state index in [0.717, 1.165) is 18.7 Å². The van der Waals surface area contributed by atoms with Gasteiger partial charge in [-0.25, -0.2) is 9.78 Å². The van der Waals surface area contributed by atoms with Crippen LogP contribution in [0, 0.1) is 0 Å². The molecule has 1 aromatic heterocycles. The van der Waals surface area contributed by atoms with Crippen LogP contribution in [0.25, 0.3) is 0 Å². The van der Waals surface area contributed by atoms with E-state index in [2.05, 4.69) is 47.7 Å². The van der Waals surface area contributed by atoms with Gasteiger partial charge in [0, 0.05) is 36.9 Å². The highest BCUT2D eigenvalue weighted by Gasteiger charge is 2.22. The van der Waals surface area contributed by atoms with Gasteiger partial charge in [-0.05, 0) is 48.7 Å². The summed E-state index contributed by atoms with van der Waals surface area (Å²) in [6, 6.07) is 0. The highest BCUT2D eigenvalue weighted by molar-refractivity contribution is 5.67. The first-order valence-electron chi connectivity index (χ1n) is 7.64. The van der Waals surface area contributed by atoms with Crippen molar-refractivity contribution in [3.8, 4) is 0 Å². The fourth-order valence-electron chi connectivity index (χ4n) is 1.86. The topological polar surface area (TPSA) is 59.4 Å². The monoisotopic (exact) mass is 310 g/mol. The Morgan fingerprint density at radius 1 is 1.32 bits per heavy atom. The maximum absolute atomic E-state index is 11.6. The first-order valence-corrected chi connectivity index (χ1v) is 7.64. The number of carbonyl (C=O) groups excluding carboxylic acids is 1. The van der Waals surface area contributed by atoms with Crippen LogP contribution in [0.1, 0.15) is 40.3 Å². The summed E-state index contributed by atoms with van der Waals surface area (Å²) in [5.74, 6) is 0. The number of alkyl carbamates (subject to hydrolysis) is 1. The minimum Gasteiger partial charge on any atom is -0.444 e. The minimum absolute atomic E-state index is 0.0358. The summed E-state index contributed by atoms with van der Waals surface area (Å²) in [5.41, 5.74) is 0.668. The Kier molecular flexibility index (Phi) is 6.00. The lowest BCUT2D eigenvalue weighted by Crippen LogP contribution is -2.42. The molecule has 0 saturated carbocycles. The summed E-state index contributed by atoms with van der Waals surface area (Å²) in [7, 11) is 4.14. The van der Waals surface area contributed by atoms with Crippen LogP contribution in [0.3, 0.4) is 0 Å². The molecule has 0 saturated heterocycles. The predicted molar refractivity (Wildman–Crippen MR) is 87.9 cm³/mol. The molecule has 0 aliphatic carbocycles. The Morgan fingerprint density at radius 3 is 2.50 bits per heavy atom. The average Bonchev–Trinajstić information content (AvgIpc) is 2.73. The molecule has 6 heteroatoms. The van der Waals surface area contributed by atoms with Gasteiger partial charge in [-0.3, -0.25) is 0 Å². The Bertz CT molecular complexity index is 487. The van der Waals surface area contributed by atoms with E-state index in [1.165, 1.54) is 0 Å². The molecule has 1 amide bonds. The molecule has 0 radical (unpaired) electrons. The van der Waals surface area contributed by atoms with Crippen LogP contribution in [-0.2, 0) is 17.7 Å². The second kappa shape index (κ2) is 7.13. The number of nitrogens with one attached hydrogen (secondary N) is 1. The van der Waals surface area contributed by atoms with Crippen molar-refractivity contribution in [3.05, 3.63) is 18.2 Å². The number of imidazole rings is 1. The van der Waals surface area contributed by atoms with Crippen LogP contribution >= 0.6 is 0 Å². The summed E-state index contributed by atoms with van der Waals surface area (Å²) in [5, 5.41) is 2.78. The summed E-state index contributed by atoms with van der Waals surface area (Å²) in [6.07, 6.45) is 4.03. The number of hydrogen-bond donors (Lipinski definition) is 1. The molecule has 6 nitrogen and oxygen atoms in total. The van der Waals surface area contributed by atoms with Crippen LogP contribution in [0.5, 0.6) is 0 Å². The van der Waals surface area contributed by atoms with E-state index in [0.29, 0.717) is 6.54 Å². The van der Waals surface area contributed by atoms with Gasteiger partial charge in [0.05, 0.1) is 6.33 Å². The third-order valence-corrected chi connectivity index (χ3v) is 3.62. The third-order valence-electron chi connectivity index (χ3n) is 3.62. The van der Waals surface area contributed by atoms with Crippen molar-refractivity contribution < 1.29 is 9.53 Å². The normalized spacial score (nSPS) is 12.5. The molecule has 1 aromatic rings. The maximum Gasteiger partial charge on any atom is 0.407 e. The Hall–Kier alpha value is -1.56. The van der Waals surface area contributed by atoms with E-state index in [1.807, 2.05) is 33.3 Å². The largest absolute Gasteiger partial charge is 0.444 e. The molecule has 0 unspecified atom stereocenters. The van der Waals surface area contributed by atoms with Crippen LogP contribution in [-0.4, -0.2) is 52.3 Å². The van der Waals surface area contributed by atoms with Gasteiger partial charge in [-0.2, -0.15) is 0 Å². The van der Waals surface area contributed by atoms with Crippen molar-refractivity contribution in [3.63, 3.8) is 0 Å². The van der Waals surface area contributed by atoms with Gasteiger partial charge in [0.15, 0.2) is 0 Å². The van der Waals surface area contributed by atoms with Crippen molar-refractivity contribution in [2.24, 2.45) is 0 Å². The summed E-state index contributed by atoms with van der Waals surface area (Å²) in [6.45, 7) is 11.3. The first kappa shape index (κ1) is 18.5. The molecule has 22 heavy (non-hydrogen) atoms. The quantitative estimate of drug-likeness (QED) is 0.876. The van der Waals surface area contributed by atoms with Crippen molar-refractivity contribution in [1.29, 1.82) is 0 Å². The van der Waals surface area contributed by atoms with Crippen LogP contribution in [0.15, 0.2) is 12.5 Å². The number of hydrogen-bond acceptors (Lipinski definition) is 4. The molecule has 0 fully saturated rings. The number of carbonyl (C=O) groups is 1. The lowest BCUT2D eigenvalue weighted by Gasteiger charge is -2.33. The van der Waals surface area contributed by atoms with Gasteiger partial charge in [0.25, 0.3) is 0 Å². The molecule has 0 aliphatic rings. The van der Waals surface area contributed by atoms with E-state index < -0.39 is 5.60 Å². The molecule has 0 atom stereocenters. The van der Waals surface area contributed by atoms with Crippen molar-refractivity contribution in [1.82, 2.24) is 19.8 Å². The maximum atomic E-state index is 11.6. The van der Waals surface area contributed by atoms with Gasteiger partial charge in [-0.1, -0.05) is 0 Å². The fourth-order valence-corrected chi connectivity index (χ4v) is 1.86. The summed E-state index contributed by atoms with van der Waals surface area (Å²) >= 11 is 0. The standard InChI is InChI=1S/C16H30N4O2/c1-15(2,3)22-14(21)18-9-8-13-10-17-12-20(13)11-16(4,5)19(6)7/h10,12H,8-9,11H2,1-7H3,(H,18,21). The zero-order valence-corrected chi connectivity index (χ0v) is 14.9. The SMILES string of the molecule is CN(C)C(C)(C)Cn1cncc1CCNC(=O)OC(C)(C)C. The molecular formula is C16H30N4O2. The number of rotatable bonds is 6. The third kappa shape index (κ3) is 6.05. The number of ether oxygens (including phenoxy) is 1. The number of likely N-dealkylation sites (N-methyl/N-ethyl adjacent to an activating group) is 1. The van der Waals surface area contributed by atoms with Crippen LogP contribution < -0.4 is 5.32 Å². The molecule has 126 valence electrons. The van der Waals surface area contributed by atoms with Crippen molar-refractivity contribution >= 4 is 6.09 Å². The Morgan fingerprint density at radius 2 is 1.95 bits per heavy atom. The molecule has 0 aromatic carbocycles. The van der Waals surface area contributed by atoms with Crippen molar-refractivity contribution in [2.75, 3.05) is 20.6 Å². The van der Waals surface area contributed by atoms with Gasteiger partial charge in [-0.15, -0.1) is 0 Å². The predicted octanol–water partition coefficient (Wildman–Crippen LogP) is 2.29. The van der Waals surface area contributed by atoms with Gasteiger partial charge in [0.1, 0.15) is 5.60 Å². The second-order valence-electron chi connectivity index (χ2n) is 7.40. The van der Waals surface area contributed by atoms with E-state index in [1.54, 1.807) is 0 Å². The Labute approximate surface area is 133 Å². The minimum atomic E-state index is -0.471. The highest BCUT2D eigenvalue weighted by atomic mass is 16.6. The van der Waals surface area contributed by atoms with Crippen LogP contribution in [0.2, 0.25) is 0 Å². The van der Waals surface area contributed by atoms with E-state index in [-0.39, 0.29) is 11.6 Å². The zero-order valence-electron chi connectivity index (χ0n) is 14.9. The lowest BCUT2D eigenvalue weighted by molar-refractivity contribution is 0.0528. The van der Waals surface area contributed by atoms with Gasteiger partial charge in [0.2, 0.25) is 0 Å². The lowest BCUT2D eigenvalue weighted by atomic mass is 10.0. The van der Waals surface area contributed by atoms with E-state index >= 15 is 0 Å². The number of aromatic nitrogens is 2. The molecule has 0 bridgehead atoms. The molecular weight excluding hydrogens is 280 g/mol. The molecule has 1 rings (SSSR count). The number of amides is 1. The second-order valence-corrected chi connectivity index (χ2v) is 7.40. The van der Waals surface area contributed by atoms with Gasteiger partial charge < -0.3 is 19.5 Å². The zero-order chi connectivity index (χ0) is 17.0. The molecule has 1 N–H and O–H groups in total. The smallest absolute Gasteiger partial charge is 0.407 e. The van der Waals surface area contributed by atoms with Gasteiger partial charge >= 0.3 is 6.09 Å². The molecule has 0 spiro atoms. The average molecular weight is 310 g/mol. The highest BCUT2D eigenvalue weighted by Crippen LogP contribution is 2.15. The molecule has 0 aliphatic heterocycles. The van der Waals surface area contributed by atoms with Crippen molar-refractivity contribution in [2.45, 2.75) is 58.7 Å². The summed E-state index contributed by atoms with van der Waals surface area (Å²) in [4.78, 5) is 18.0. The van der Waals surface area contributed by atoms with Crippen LogP contribution in [0.4, 0.5) is 4.79 Å². The van der Waals surface area contributed by atoms with E-state index in [4.69, 9.17) is 4.74 Å². The van der Waals surface area contributed by atoms with E-state index in [9.17, 15) is 4.79 Å². The summed E-state index contributed by atoms with van der Waals surface area (Å²) < 4.78 is 7.36. The Balaban J connectivity index is 2.52. The fraction of sp³-hybridized carbons (Fsp3) is 0.750. The molecule has 1 heterocycles.